The van der Waals surface area contributed by atoms with Crippen molar-refractivity contribution in [1.29, 1.82) is 0 Å². The molecule has 132 valence electrons. The highest BCUT2D eigenvalue weighted by Crippen LogP contribution is 2.19. The van der Waals surface area contributed by atoms with Crippen LogP contribution in [0.15, 0.2) is 48.6 Å². The summed E-state index contributed by atoms with van der Waals surface area (Å²) in [4.78, 5) is 35.1. The molecule has 0 fully saturated rings. The van der Waals surface area contributed by atoms with Crippen molar-refractivity contribution in [2.75, 3.05) is 11.9 Å². The summed E-state index contributed by atoms with van der Waals surface area (Å²) in [5.74, 6) is -2.47. The molecular weight excluding hydrogens is 324 g/mol. The molecule has 2 unspecified atom stereocenters. The van der Waals surface area contributed by atoms with Crippen LogP contribution in [0.5, 0.6) is 0 Å². The summed E-state index contributed by atoms with van der Waals surface area (Å²) in [5, 5.41) is 23.7. The number of rotatable bonds is 7. The van der Waals surface area contributed by atoms with Crippen molar-refractivity contribution >= 4 is 23.5 Å². The third-order valence-corrected chi connectivity index (χ3v) is 3.69. The maximum atomic E-state index is 12.3. The van der Waals surface area contributed by atoms with Crippen molar-refractivity contribution < 1.29 is 24.6 Å². The first-order valence-corrected chi connectivity index (χ1v) is 7.92. The molecule has 2 atom stereocenters. The van der Waals surface area contributed by atoms with E-state index >= 15 is 0 Å². The Morgan fingerprint density at radius 1 is 1.08 bits per heavy atom. The summed E-state index contributed by atoms with van der Waals surface area (Å²) in [6.45, 7) is 0.224. The summed E-state index contributed by atoms with van der Waals surface area (Å²) >= 11 is 0. The van der Waals surface area contributed by atoms with Gasteiger partial charge in [-0.1, -0.05) is 36.4 Å². The number of benzene rings is 1. The van der Waals surface area contributed by atoms with Gasteiger partial charge in [-0.15, -0.1) is 0 Å². The lowest BCUT2D eigenvalue weighted by Gasteiger charge is -2.19. The molecule has 4 N–H and O–H groups in total. The number of carboxylic acids is 1. The zero-order valence-electron chi connectivity index (χ0n) is 13.5. The number of carboxylic acid groups (broad SMARTS) is 1. The molecule has 0 aliphatic heterocycles. The van der Waals surface area contributed by atoms with Crippen LogP contribution < -0.4 is 10.6 Å². The highest BCUT2D eigenvalue weighted by atomic mass is 16.4. The van der Waals surface area contributed by atoms with Gasteiger partial charge in [-0.3, -0.25) is 14.4 Å². The van der Waals surface area contributed by atoms with Crippen LogP contribution in [0.2, 0.25) is 0 Å². The Morgan fingerprint density at radius 3 is 2.52 bits per heavy atom. The number of carbonyl (C=O) groups excluding carboxylic acids is 2. The third-order valence-electron chi connectivity index (χ3n) is 3.69. The minimum atomic E-state index is -0.921. The monoisotopic (exact) mass is 344 g/mol. The zero-order valence-corrected chi connectivity index (χ0v) is 13.5. The van der Waals surface area contributed by atoms with Crippen molar-refractivity contribution in [3.05, 3.63) is 54.1 Å². The SMILES string of the molecule is O=C(O)CCCNC(=O)c1ccccc1NC(=O)C1C=CC=CC1O. The fraction of sp³-hybridized carbons (Fsp3) is 0.278. The molecular formula is C18H20N2O5. The maximum Gasteiger partial charge on any atom is 0.303 e. The van der Waals surface area contributed by atoms with Gasteiger partial charge >= 0.3 is 5.97 Å². The molecule has 2 rings (SSSR count). The van der Waals surface area contributed by atoms with Crippen LogP contribution in [0.3, 0.4) is 0 Å². The minimum absolute atomic E-state index is 0.0297. The zero-order chi connectivity index (χ0) is 18.2. The van der Waals surface area contributed by atoms with Crippen LogP contribution in [0, 0.1) is 5.92 Å². The smallest absolute Gasteiger partial charge is 0.303 e. The lowest BCUT2D eigenvalue weighted by molar-refractivity contribution is -0.137. The fourth-order valence-electron chi connectivity index (χ4n) is 2.38. The van der Waals surface area contributed by atoms with Gasteiger partial charge in [0.2, 0.25) is 5.91 Å². The Kier molecular flexibility index (Phi) is 6.47. The molecule has 7 nitrogen and oxygen atoms in total. The second-order valence-electron chi connectivity index (χ2n) is 5.57. The number of aliphatic carboxylic acids is 1. The van der Waals surface area contributed by atoms with Gasteiger partial charge < -0.3 is 20.8 Å². The van der Waals surface area contributed by atoms with Gasteiger partial charge in [-0.25, -0.2) is 0 Å². The van der Waals surface area contributed by atoms with Crippen molar-refractivity contribution in [3.63, 3.8) is 0 Å². The van der Waals surface area contributed by atoms with Gasteiger partial charge in [-0.2, -0.15) is 0 Å². The second kappa shape index (κ2) is 8.79. The molecule has 0 aromatic heterocycles. The number of hydrogen-bond acceptors (Lipinski definition) is 4. The molecule has 7 heteroatoms. The molecule has 0 heterocycles. The Morgan fingerprint density at radius 2 is 1.80 bits per heavy atom. The van der Waals surface area contributed by atoms with E-state index in [1.807, 2.05) is 0 Å². The topological polar surface area (TPSA) is 116 Å². The van der Waals surface area contributed by atoms with E-state index in [0.717, 1.165) is 0 Å². The first-order valence-electron chi connectivity index (χ1n) is 7.92. The van der Waals surface area contributed by atoms with E-state index in [9.17, 15) is 19.5 Å². The lowest BCUT2D eigenvalue weighted by atomic mass is 9.96. The maximum absolute atomic E-state index is 12.3. The van der Waals surface area contributed by atoms with Crippen molar-refractivity contribution in [1.82, 2.24) is 5.32 Å². The number of aliphatic hydroxyl groups excluding tert-OH is 1. The van der Waals surface area contributed by atoms with Gasteiger partial charge in [-0.05, 0) is 18.6 Å². The van der Waals surface area contributed by atoms with Gasteiger partial charge in [0.05, 0.1) is 23.3 Å². The first-order chi connectivity index (χ1) is 12.0. The summed E-state index contributed by atoms with van der Waals surface area (Å²) in [5.41, 5.74) is 0.606. The second-order valence-corrected chi connectivity index (χ2v) is 5.57. The van der Waals surface area contributed by atoms with E-state index in [4.69, 9.17) is 5.11 Å². The predicted molar refractivity (Wildman–Crippen MR) is 92.1 cm³/mol. The fourth-order valence-corrected chi connectivity index (χ4v) is 2.38. The average Bonchev–Trinajstić information content (AvgIpc) is 2.59. The van der Waals surface area contributed by atoms with Crippen LogP contribution in [-0.4, -0.2) is 40.6 Å². The van der Waals surface area contributed by atoms with Crippen LogP contribution in [0.1, 0.15) is 23.2 Å². The van der Waals surface area contributed by atoms with Gasteiger partial charge in [0, 0.05) is 13.0 Å². The Bertz CT molecular complexity index is 711. The van der Waals surface area contributed by atoms with Crippen molar-refractivity contribution in [2.45, 2.75) is 18.9 Å². The van der Waals surface area contributed by atoms with E-state index < -0.39 is 29.8 Å². The number of carbonyl (C=O) groups is 3. The van der Waals surface area contributed by atoms with Crippen LogP contribution in [0.4, 0.5) is 5.69 Å². The highest BCUT2D eigenvalue weighted by molar-refractivity contribution is 6.04. The van der Waals surface area contributed by atoms with E-state index in [1.165, 1.54) is 6.08 Å². The average molecular weight is 344 g/mol. The number of amides is 2. The number of anilines is 1. The molecule has 0 bridgehead atoms. The van der Waals surface area contributed by atoms with Gasteiger partial charge in [0.25, 0.3) is 5.91 Å². The van der Waals surface area contributed by atoms with Crippen molar-refractivity contribution in [2.24, 2.45) is 5.92 Å². The molecule has 1 aliphatic rings. The predicted octanol–water partition coefficient (Wildman–Crippen LogP) is 1.32. The molecule has 0 saturated carbocycles. The van der Waals surface area contributed by atoms with E-state index in [1.54, 1.807) is 42.5 Å². The quantitative estimate of drug-likeness (QED) is 0.557. The first kappa shape index (κ1) is 18.4. The van der Waals surface area contributed by atoms with Crippen LogP contribution in [-0.2, 0) is 9.59 Å². The number of hydrogen-bond donors (Lipinski definition) is 4. The van der Waals surface area contributed by atoms with Crippen LogP contribution >= 0.6 is 0 Å². The summed E-state index contributed by atoms with van der Waals surface area (Å²) < 4.78 is 0. The summed E-state index contributed by atoms with van der Waals surface area (Å²) in [7, 11) is 0. The largest absolute Gasteiger partial charge is 0.481 e. The number of aliphatic hydroxyl groups is 1. The number of para-hydroxylation sites is 1. The minimum Gasteiger partial charge on any atom is -0.481 e. The highest BCUT2D eigenvalue weighted by Gasteiger charge is 2.25. The molecule has 2 amide bonds. The summed E-state index contributed by atoms with van der Waals surface area (Å²) in [6.07, 6.45) is 5.83. The third kappa shape index (κ3) is 5.29. The van der Waals surface area contributed by atoms with E-state index in [-0.39, 0.29) is 18.5 Å². The molecule has 0 radical (unpaired) electrons. The van der Waals surface area contributed by atoms with E-state index in [2.05, 4.69) is 10.6 Å². The normalized spacial score (nSPS) is 18.6. The Balaban J connectivity index is 2.01. The molecule has 0 spiro atoms. The summed E-state index contributed by atoms with van der Waals surface area (Å²) in [6, 6.07) is 6.51. The standard InChI is InChI=1S/C18H20N2O5/c21-15-9-4-2-7-13(15)18(25)20-14-8-3-1-6-12(14)17(24)19-11-5-10-16(22)23/h1-4,6-9,13,15,21H,5,10-11H2,(H,19,24)(H,20,25)(H,22,23). The Hall–Kier alpha value is -2.93. The molecule has 1 aliphatic carbocycles. The van der Waals surface area contributed by atoms with Crippen molar-refractivity contribution in [3.8, 4) is 0 Å². The molecule has 0 saturated heterocycles. The van der Waals surface area contributed by atoms with Gasteiger partial charge in [0.1, 0.15) is 0 Å². The Labute approximate surface area is 145 Å². The number of nitrogens with one attached hydrogen (secondary N) is 2. The molecule has 1 aromatic rings. The lowest BCUT2D eigenvalue weighted by Crippen LogP contribution is -2.32. The molecule has 1 aromatic carbocycles. The van der Waals surface area contributed by atoms with Gasteiger partial charge in [0.15, 0.2) is 0 Å². The van der Waals surface area contributed by atoms with Crippen LogP contribution in [0.25, 0.3) is 0 Å². The van der Waals surface area contributed by atoms with E-state index in [0.29, 0.717) is 12.1 Å². The number of allylic oxidation sites excluding steroid dienone is 2. The molecule has 25 heavy (non-hydrogen) atoms.